The van der Waals surface area contributed by atoms with Gasteiger partial charge in [0.1, 0.15) is 0 Å². The van der Waals surface area contributed by atoms with Gasteiger partial charge in [-0.25, -0.2) is 0 Å². The van der Waals surface area contributed by atoms with Gasteiger partial charge in [-0.1, -0.05) is 0 Å². The van der Waals surface area contributed by atoms with Crippen molar-refractivity contribution in [3.8, 4) is 0 Å². The van der Waals surface area contributed by atoms with Crippen molar-refractivity contribution < 1.29 is 4.79 Å². The molecule has 0 spiro atoms. The molecule has 48 valence electrons. The van der Waals surface area contributed by atoms with E-state index in [2.05, 4.69) is 4.98 Å². The molecule has 0 aliphatic carbocycles. The molecule has 1 rings (SSSR count). The molecule has 0 atom stereocenters. The second kappa shape index (κ2) is 2.38. The molecule has 3 N–H and O–H groups in total. The molecule has 3 nitrogen and oxygen atoms in total. The summed E-state index contributed by atoms with van der Waals surface area (Å²) in [5.74, 6) is -0.388. The lowest BCUT2D eigenvalue weighted by Crippen LogP contribution is -2.10. The Balaban J connectivity index is 3.08. The summed E-state index contributed by atoms with van der Waals surface area (Å²) in [6.07, 6.45) is 1.68. The highest BCUT2D eigenvalue weighted by atomic mass is 127. The maximum absolute atomic E-state index is 10.5. The summed E-state index contributed by atoms with van der Waals surface area (Å²) in [6, 6.07) is 1.66. The van der Waals surface area contributed by atoms with E-state index in [0.29, 0.717) is 5.56 Å². The van der Waals surface area contributed by atoms with Crippen molar-refractivity contribution in [3.63, 3.8) is 0 Å². The Morgan fingerprint density at radius 3 is 2.67 bits per heavy atom. The summed E-state index contributed by atoms with van der Waals surface area (Å²) in [5.41, 5.74) is 5.55. The molecule has 9 heavy (non-hydrogen) atoms. The fraction of sp³-hybridized carbons (Fsp3) is 0. The maximum atomic E-state index is 10.5. The van der Waals surface area contributed by atoms with E-state index in [1.165, 1.54) is 0 Å². The summed E-state index contributed by atoms with van der Waals surface area (Å²) < 4.78 is 0.792. The molecule has 0 aliphatic rings. The fourth-order valence-corrected chi connectivity index (χ4v) is 1.16. The highest BCUT2D eigenvalue weighted by Gasteiger charge is 2.04. The number of nitrogens with one attached hydrogen (secondary N) is 1. The van der Waals surface area contributed by atoms with Gasteiger partial charge >= 0.3 is 0 Å². The van der Waals surface area contributed by atoms with Crippen LogP contribution in [0.2, 0.25) is 0 Å². The number of primary amides is 1. The number of H-pyrrole nitrogens is 1. The number of hydrogen-bond donors (Lipinski definition) is 2. The van der Waals surface area contributed by atoms with E-state index in [-0.39, 0.29) is 5.91 Å². The number of nitrogens with two attached hydrogens (primary N) is 1. The number of aromatic amines is 1. The number of aromatic nitrogens is 1. The van der Waals surface area contributed by atoms with Crippen LogP contribution in [0, 0.1) is 3.70 Å². The van der Waals surface area contributed by atoms with Crippen molar-refractivity contribution in [2.45, 2.75) is 0 Å². The van der Waals surface area contributed by atoms with Crippen molar-refractivity contribution in [3.05, 3.63) is 21.5 Å². The van der Waals surface area contributed by atoms with Crippen molar-refractivity contribution in [1.29, 1.82) is 0 Å². The summed E-state index contributed by atoms with van der Waals surface area (Å²) >= 11 is 2.01. The Labute approximate surface area is 65.8 Å². The molecule has 0 unspecified atom stereocenters. The number of carbonyl (C=O) groups is 1. The van der Waals surface area contributed by atoms with E-state index in [9.17, 15) is 4.79 Å². The summed E-state index contributed by atoms with van der Waals surface area (Å²) in [6.45, 7) is 0. The first-order valence-electron chi connectivity index (χ1n) is 2.34. The van der Waals surface area contributed by atoms with Crippen LogP contribution in [0.4, 0.5) is 0 Å². The van der Waals surface area contributed by atoms with E-state index < -0.39 is 0 Å². The third kappa shape index (κ3) is 1.24. The summed E-state index contributed by atoms with van der Waals surface area (Å²) in [5, 5.41) is 0. The Hall–Kier alpha value is -0.520. The molecule has 4 heteroatoms. The average Bonchev–Trinajstić information content (AvgIpc) is 2.13. The average molecular weight is 236 g/mol. The van der Waals surface area contributed by atoms with Gasteiger partial charge in [0.25, 0.3) is 5.91 Å². The molecule has 0 radical (unpaired) electrons. The first-order valence-corrected chi connectivity index (χ1v) is 3.42. The van der Waals surface area contributed by atoms with Gasteiger partial charge in [-0.2, -0.15) is 0 Å². The molecule has 0 aliphatic heterocycles. The standard InChI is InChI=1S/C5H5IN2O/c6-4-3(5(7)9)1-2-8-4/h1-2,8H,(H2,7,9). The van der Waals surface area contributed by atoms with E-state index in [1.54, 1.807) is 12.3 Å². The minimum absolute atomic E-state index is 0.388. The van der Waals surface area contributed by atoms with Crippen LogP contribution in [-0.4, -0.2) is 10.9 Å². The van der Waals surface area contributed by atoms with Crippen LogP contribution in [0.5, 0.6) is 0 Å². The van der Waals surface area contributed by atoms with Crippen LogP contribution in [0.1, 0.15) is 10.4 Å². The van der Waals surface area contributed by atoms with E-state index in [0.717, 1.165) is 3.70 Å². The van der Waals surface area contributed by atoms with Crippen LogP contribution in [0.3, 0.4) is 0 Å². The number of carbonyl (C=O) groups excluding carboxylic acids is 1. The Morgan fingerprint density at radius 2 is 2.44 bits per heavy atom. The third-order valence-electron chi connectivity index (χ3n) is 0.962. The van der Waals surface area contributed by atoms with Crippen molar-refractivity contribution in [1.82, 2.24) is 4.98 Å². The van der Waals surface area contributed by atoms with Gasteiger partial charge in [-0.05, 0) is 28.7 Å². The second-order valence-corrected chi connectivity index (χ2v) is 2.65. The predicted molar refractivity (Wildman–Crippen MR) is 42.0 cm³/mol. The van der Waals surface area contributed by atoms with Gasteiger partial charge in [0.05, 0.1) is 9.26 Å². The molecule has 1 aromatic rings. The highest BCUT2D eigenvalue weighted by Crippen LogP contribution is 2.07. The minimum Gasteiger partial charge on any atom is -0.366 e. The largest absolute Gasteiger partial charge is 0.366 e. The second-order valence-electron chi connectivity index (χ2n) is 1.57. The van der Waals surface area contributed by atoms with E-state index in [1.807, 2.05) is 22.6 Å². The van der Waals surface area contributed by atoms with E-state index >= 15 is 0 Å². The van der Waals surface area contributed by atoms with Gasteiger partial charge < -0.3 is 10.7 Å². The lowest BCUT2D eigenvalue weighted by molar-refractivity contribution is 0.0999. The molecule has 1 amide bonds. The molecular formula is C5H5IN2O. The zero-order valence-corrected chi connectivity index (χ0v) is 6.68. The number of amides is 1. The third-order valence-corrected chi connectivity index (χ3v) is 1.85. The predicted octanol–water partition coefficient (Wildman–Crippen LogP) is 0.718. The molecule has 1 aromatic heterocycles. The first-order chi connectivity index (χ1) is 4.22. The lowest BCUT2D eigenvalue weighted by Gasteiger charge is -1.86. The number of rotatable bonds is 1. The molecule has 0 fully saturated rings. The Morgan fingerprint density at radius 1 is 1.78 bits per heavy atom. The quantitative estimate of drug-likeness (QED) is 0.693. The zero-order valence-electron chi connectivity index (χ0n) is 4.52. The van der Waals surface area contributed by atoms with Crippen LogP contribution in [0.25, 0.3) is 0 Å². The summed E-state index contributed by atoms with van der Waals surface area (Å²) in [4.78, 5) is 13.3. The number of hydrogen-bond acceptors (Lipinski definition) is 1. The molecule has 0 saturated carbocycles. The van der Waals surface area contributed by atoms with Crippen LogP contribution in [-0.2, 0) is 0 Å². The van der Waals surface area contributed by atoms with Gasteiger partial charge in [-0.15, -0.1) is 0 Å². The van der Waals surface area contributed by atoms with Crippen LogP contribution >= 0.6 is 22.6 Å². The van der Waals surface area contributed by atoms with Crippen LogP contribution in [0.15, 0.2) is 12.3 Å². The Kier molecular flexibility index (Phi) is 1.75. The summed E-state index contributed by atoms with van der Waals surface area (Å²) in [7, 11) is 0. The van der Waals surface area contributed by atoms with Crippen molar-refractivity contribution in [2.24, 2.45) is 5.73 Å². The van der Waals surface area contributed by atoms with Gasteiger partial charge in [0.15, 0.2) is 0 Å². The van der Waals surface area contributed by atoms with Gasteiger partial charge in [-0.3, -0.25) is 4.79 Å². The zero-order chi connectivity index (χ0) is 6.85. The smallest absolute Gasteiger partial charge is 0.251 e. The molecule has 1 heterocycles. The Bertz CT molecular complexity index is 231. The van der Waals surface area contributed by atoms with Gasteiger partial charge in [0, 0.05) is 6.20 Å². The fourth-order valence-electron chi connectivity index (χ4n) is 0.539. The molecule has 0 saturated heterocycles. The molecule has 0 bridgehead atoms. The minimum atomic E-state index is -0.388. The number of halogens is 1. The normalized spacial score (nSPS) is 9.44. The first kappa shape index (κ1) is 6.60. The topological polar surface area (TPSA) is 58.9 Å². The SMILES string of the molecule is NC(=O)c1cc[nH]c1I. The van der Waals surface area contributed by atoms with Crippen molar-refractivity contribution >= 4 is 28.5 Å². The maximum Gasteiger partial charge on any atom is 0.251 e. The molecule has 0 aromatic carbocycles. The molecular weight excluding hydrogens is 231 g/mol. The van der Waals surface area contributed by atoms with Gasteiger partial charge in [0.2, 0.25) is 0 Å². The van der Waals surface area contributed by atoms with Crippen molar-refractivity contribution in [2.75, 3.05) is 0 Å². The lowest BCUT2D eigenvalue weighted by atomic mass is 10.3. The van der Waals surface area contributed by atoms with E-state index in [4.69, 9.17) is 5.73 Å². The van der Waals surface area contributed by atoms with Crippen LogP contribution < -0.4 is 5.73 Å². The monoisotopic (exact) mass is 236 g/mol. The highest BCUT2D eigenvalue weighted by molar-refractivity contribution is 14.1.